The first-order chi connectivity index (χ1) is 6.29. The van der Waals surface area contributed by atoms with Gasteiger partial charge in [0.25, 0.3) is 0 Å². The third-order valence-electron chi connectivity index (χ3n) is 1.45. The first-order valence-corrected chi connectivity index (χ1v) is 5.13. The van der Waals surface area contributed by atoms with Crippen LogP contribution in [0, 0.1) is 0 Å². The molecule has 0 aromatic carbocycles. The summed E-state index contributed by atoms with van der Waals surface area (Å²) in [6.45, 7) is 0. The van der Waals surface area contributed by atoms with E-state index in [9.17, 15) is 4.79 Å². The van der Waals surface area contributed by atoms with Crippen LogP contribution >= 0.6 is 11.8 Å². The van der Waals surface area contributed by atoms with E-state index in [0.717, 1.165) is 11.3 Å². The molecule has 1 aromatic rings. The minimum Gasteiger partial charge on any atom is -0.481 e. The van der Waals surface area contributed by atoms with Gasteiger partial charge >= 0.3 is 5.97 Å². The molecular formula is C9H11NO2S. The van der Waals surface area contributed by atoms with Gasteiger partial charge in [0.05, 0.1) is 6.42 Å². The average Bonchev–Trinajstić information content (AvgIpc) is 2.14. The van der Waals surface area contributed by atoms with Crippen LogP contribution < -0.4 is 0 Å². The largest absolute Gasteiger partial charge is 0.481 e. The van der Waals surface area contributed by atoms with Gasteiger partial charge in [0.15, 0.2) is 0 Å². The molecule has 70 valence electrons. The molecular weight excluding hydrogens is 186 g/mol. The second-order valence-corrected chi connectivity index (χ2v) is 3.66. The van der Waals surface area contributed by atoms with E-state index in [1.807, 2.05) is 12.1 Å². The smallest absolute Gasteiger partial charge is 0.304 e. The number of thioether (sulfide) groups is 1. The maximum Gasteiger partial charge on any atom is 0.304 e. The summed E-state index contributed by atoms with van der Waals surface area (Å²) < 4.78 is 0. The maximum absolute atomic E-state index is 10.2. The van der Waals surface area contributed by atoms with Gasteiger partial charge in [0.2, 0.25) is 0 Å². The molecule has 0 atom stereocenters. The van der Waals surface area contributed by atoms with Crippen molar-refractivity contribution in [2.45, 2.75) is 12.2 Å². The molecule has 4 heteroatoms. The van der Waals surface area contributed by atoms with Crippen LogP contribution in [0.1, 0.15) is 12.0 Å². The minimum atomic E-state index is -0.737. The summed E-state index contributed by atoms with van der Waals surface area (Å²) in [5.41, 5.74) is 1.14. The molecule has 0 fully saturated rings. The second-order valence-electron chi connectivity index (χ2n) is 2.56. The second kappa shape index (κ2) is 5.59. The fourth-order valence-corrected chi connectivity index (χ4v) is 1.70. The zero-order valence-electron chi connectivity index (χ0n) is 7.14. The Bertz CT molecular complexity index is 264. The number of rotatable bonds is 5. The van der Waals surface area contributed by atoms with Crippen LogP contribution in [0.3, 0.4) is 0 Å². The number of aliphatic carboxylic acids is 1. The molecule has 0 bridgehead atoms. The van der Waals surface area contributed by atoms with Gasteiger partial charge in [-0.2, -0.15) is 11.8 Å². The van der Waals surface area contributed by atoms with Crippen LogP contribution in [-0.4, -0.2) is 21.8 Å². The summed E-state index contributed by atoms with van der Waals surface area (Å²) in [6, 6.07) is 3.87. The molecule has 1 rings (SSSR count). The monoisotopic (exact) mass is 197 g/mol. The molecule has 1 N–H and O–H groups in total. The fourth-order valence-electron chi connectivity index (χ4n) is 0.833. The number of aromatic nitrogens is 1. The topological polar surface area (TPSA) is 50.2 Å². The lowest BCUT2D eigenvalue weighted by Crippen LogP contribution is -1.96. The Morgan fingerprint density at radius 2 is 2.46 bits per heavy atom. The Morgan fingerprint density at radius 1 is 1.62 bits per heavy atom. The SMILES string of the molecule is O=C(O)CCSCc1cccnc1. The first-order valence-electron chi connectivity index (χ1n) is 3.97. The zero-order valence-corrected chi connectivity index (χ0v) is 7.96. The van der Waals surface area contributed by atoms with Crippen molar-refractivity contribution < 1.29 is 9.90 Å². The molecule has 1 aromatic heterocycles. The molecule has 0 radical (unpaired) electrons. The molecule has 1 heterocycles. The number of pyridine rings is 1. The van der Waals surface area contributed by atoms with E-state index in [0.29, 0.717) is 5.75 Å². The van der Waals surface area contributed by atoms with Crippen molar-refractivity contribution in [3.8, 4) is 0 Å². The molecule has 0 aliphatic rings. The predicted molar refractivity (Wildman–Crippen MR) is 52.7 cm³/mol. The van der Waals surface area contributed by atoms with Crippen LogP contribution in [0.25, 0.3) is 0 Å². The van der Waals surface area contributed by atoms with E-state index in [-0.39, 0.29) is 6.42 Å². The molecule has 0 saturated heterocycles. The van der Waals surface area contributed by atoms with E-state index >= 15 is 0 Å². The molecule has 3 nitrogen and oxygen atoms in total. The predicted octanol–water partition coefficient (Wildman–Crippen LogP) is 1.79. The summed E-state index contributed by atoms with van der Waals surface area (Å²) >= 11 is 1.61. The fraction of sp³-hybridized carbons (Fsp3) is 0.333. The lowest BCUT2D eigenvalue weighted by molar-refractivity contribution is -0.136. The lowest BCUT2D eigenvalue weighted by Gasteiger charge is -1.98. The Kier molecular flexibility index (Phi) is 4.32. The highest BCUT2D eigenvalue weighted by molar-refractivity contribution is 7.98. The molecule has 0 saturated carbocycles. The van der Waals surface area contributed by atoms with Gasteiger partial charge in [0, 0.05) is 23.9 Å². The van der Waals surface area contributed by atoms with Gasteiger partial charge in [-0.3, -0.25) is 9.78 Å². The third kappa shape index (κ3) is 4.52. The standard InChI is InChI=1S/C9H11NO2S/c11-9(12)3-5-13-7-8-2-1-4-10-6-8/h1-2,4,6H,3,5,7H2,(H,11,12). The number of carbonyl (C=O) groups is 1. The van der Waals surface area contributed by atoms with Crippen LogP contribution in [0.4, 0.5) is 0 Å². The van der Waals surface area contributed by atoms with Crippen molar-refractivity contribution in [1.29, 1.82) is 0 Å². The third-order valence-corrected chi connectivity index (χ3v) is 2.48. The molecule has 0 aliphatic carbocycles. The van der Waals surface area contributed by atoms with Gasteiger partial charge in [-0.1, -0.05) is 6.07 Å². The summed E-state index contributed by atoms with van der Waals surface area (Å²) in [5.74, 6) is 0.754. The first kappa shape index (κ1) is 10.1. The normalized spacial score (nSPS) is 9.85. The molecule has 13 heavy (non-hydrogen) atoms. The Hall–Kier alpha value is -1.03. The van der Waals surface area contributed by atoms with Crippen molar-refractivity contribution in [3.05, 3.63) is 30.1 Å². The Balaban J connectivity index is 2.17. The van der Waals surface area contributed by atoms with Crippen molar-refractivity contribution in [1.82, 2.24) is 4.98 Å². The van der Waals surface area contributed by atoms with Crippen molar-refractivity contribution in [2.24, 2.45) is 0 Å². The van der Waals surface area contributed by atoms with Gasteiger partial charge in [0.1, 0.15) is 0 Å². The van der Waals surface area contributed by atoms with E-state index in [2.05, 4.69) is 4.98 Å². The maximum atomic E-state index is 10.2. The van der Waals surface area contributed by atoms with Crippen LogP contribution in [0.2, 0.25) is 0 Å². The average molecular weight is 197 g/mol. The van der Waals surface area contributed by atoms with E-state index < -0.39 is 5.97 Å². The summed E-state index contributed by atoms with van der Waals surface area (Å²) in [7, 11) is 0. The molecule has 0 spiro atoms. The highest BCUT2D eigenvalue weighted by Gasteiger charge is 1.97. The molecule has 0 unspecified atom stereocenters. The zero-order chi connectivity index (χ0) is 9.52. The summed E-state index contributed by atoms with van der Waals surface area (Å²) in [6.07, 6.45) is 3.75. The van der Waals surface area contributed by atoms with Gasteiger partial charge in [-0.05, 0) is 11.6 Å². The van der Waals surface area contributed by atoms with E-state index in [4.69, 9.17) is 5.11 Å². The van der Waals surface area contributed by atoms with E-state index in [1.165, 1.54) is 0 Å². The quantitative estimate of drug-likeness (QED) is 0.731. The highest BCUT2D eigenvalue weighted by Crippen LogP contribution is 2.11. The number of carboxylic acid groups (broad SMARTS) is 1. The highest BCUT2D eigenvalue weighted by atomic mass is 32.2. The van der Waals surface area contributed by atoms with Crippen molar-refractivity contribution in [3.63, 3.8) is 0 Å². The Morgan fingerprint density at radius 3 is 3.08 bits per heavy atom. The number of hydrogen-bond donors (Lipinski definition) is 1. The van der Waals surface area contributed by atoms with Gasteiger partial charge < -0.3 is 5.11 Å². The van der Waals surface area contributed by atoms with Crippen LogP contribution in [-0.2, 0) is 10.5 Å². The van der Waals surface area contributed by atoms with Crippen molar-refractivity contribution in [2.75, 3.05) is 5.75 Å². The summed E-state index contributed by atoms with van der Waals surface area (Å²) in [4.78, 5) is 14.2. The van der Waals surface area contributed by atoms with Gasteiger partial charge in [-0.25, -0.2) is 0 Å². The molecule has 0 aliphatic heterocycles. The van der Waals surface area contributed by atoms with Gasteiger partial charge in [-0.15, -0.1) is 0 Å². The number of hydrogen-bond acceptors (Lipinski definition) is 3. The number of nitrogens with zero attached hydrogens (tertiary/aromatic N) is 1. The minimum absolute atomic E-state index is 0.227. The van der Waals surface area contributed by atoms with Crippen molar-refractivity contribution >= 4 is 17.7 Å². The lowest BCUT2D eigenvalue weighted by atomic mass is 10.3. The van der Waals surface area contributed by atoms with Crippen LogP contribution in [0.15, 0.2) is 24.5 Å². The van der Waals surface area contributed by atoms with E-state index in [1.54, 1.807) is 24.2 Å². The van der Waals surface area contributed by atoms with Crippen LogP contribution in [0.5, 0.6) is 0 Å². The molecule has 0 amide bonds. The number of carboxylic acids is 1. The summed E-state index contributed by atoms with van der Waals surface area (Å²) in [5, 5.41) is 8.38. The Labute approximate surface area is 81.2 Å².